The second-order valence-electron chi connectivity index (χ2n) is 6.40. The third-order valence-corrected chi connectivity index (χ3v) is 4.96. The van der Waals surface area contributed by atoms with Crippen LogP contribution in [0.4, 0.5) is 0 Å². The highest BCUT2D eigenvalue weighted by molar-refractivity contribution is 5.85. The van der Waals surface area contributed by atoms with E-state index in [0.717, 1.165) is 12.0 Å². The van der Waals surface area contributed by atoms with E-state index in [1.807, 2.05) is 42.5 Å². The van der Waals surface area contributed by atoms with Gasteiger partial charge in [-0.05, 0) is 35.1 Å². The number of benzene rings is 2. The number of rotatable bonds is 3. The average Bonchev–Trinajstić information content (AvgIpc) is 2.60. The van der Waals surface area contributed by atoms with E-state index in [1.54, 1.807) is 4.90 Å². The zero-order valence-corrected chi connectivity index (χ0v) is 13.4. The maximum atomic E-state index is 12.3. The molecule has 0 radical (unpaired) electrons. The third-order valence-electron chi connectivity index (χ3n) is 4.96. The van der Waals surface area contributed by atoms with Gasteiger partial charge in [-0.3, -0.25) is 9.59 Å². The second-order valence-corrected chi connectivity index (χ2v) is 6.40. The molecule has 1 aliphatic carbocycles. The molecule has 0 N–H and O–H groups in total. The summed E-state index contributed by atoms with van der Waals surface area (Å²) in [4.78, 5) is 26.3. The highest BCUT2D eigenvalue weighted by atomic mass is 16.5. The fourth-order valence-corrected chi connectivity index (χ4v) is 3.50. The van der Waals surface area contributed by atoms with Gasteiger partial charge in [0.15, 0.2) is 6.61 Å². The largest absolute Gasteiger partial charge is 0.455 e. The van der Waals surface area contributed by atoms with Gasteiger partial charge in [-0.15, -0.1) is 0 Å². The Hall–Kier alpha value is -2.62. The number of hydrogen-bond acceptors (Lipinski definition) is 3. The minimum Gasteiger partial charge on any atom is -0.455 e. The lowest BCUT2D eigenvalue weighted by atomic mass is 9.78. The number of nitrogens with zero attached hydrogens (tertiary/aromatic N) is 1. The first-order valence-electron chi connectivity index (χ1n) is 8.31. The van der Waals surface area contributed by atoms with E-state index in [2.05, 4.69) is 6.07 Å². The van der Waals surface area contributed by atoms with E-state index >= 15 is 0 Å². The number of fused-ring (bicyclic) bond motifs is 2. The Bertz CT molecular complexity index is 799. The molecule has 4 heteroatoms. The second kappa shape index (κ2) is 6.11. The predicted octanol–water partition coefficient (Wildman–Crippen LogP) is 2.45. The van der Waals surface area contributed by atoms with Crippen molar-refractivity contribution < 1.29 is 14.3 Å². The smallest absolute Gasteiger partial charge is 0.314 e. The van der Waals surface area contributed by atoms with Crippen LogP contribution in [-0.4, -0.2) is 29.9 Å². The molecule has 2 aromatic rings. The average molecular weight is 321 g/mol. The number of amides is 1. The summed E-state index contributed by atoms with van der Waals surface area (Å²) in [6.45, 7) is 1.11. The fourth-order valence-electron chi connectivity index (χ4n) is 3.50. The van der Waals surface area contributed by atoms with Gasteiger partial charge in [-0.1, -0.05) is 48.5 Å². The first-order chi connectivity index (χ1) is 11.7. The van der Waals surface area contributed by atoms with Gasteiger partial charge in [0.1, 0.15) is 0 Å². The van der Waals surface area contributed by atoms with Gasteiger partial charge < -0.3 is 9.64 Å². The van der Waals surface area contributed by atoms with Crippen molar-refractivity contribution in [2.45, 2.75) is 25.3 Å². The first kappa shape index (κ1) is 14.9. The number of carbonyl (C=O) groups is 2. The quantitative estimate of drug-likeness (QED) is 0.816. The minimum atomic E-state index is -0.292. The zero-order chi connectivity index (χ0) is 16.5. The van der Waals surface area contributed by atoms with Crippen molar-refractivity contribution in [3.05, 3.63) is 70.8 Å². The Morgan fingerprint density at radius 2 is 1.71 bits per heavy atom. The van der Waals surface area contributed by atoms with Gasteiger partial charge in [0.05, 0.1) is 5.92 Å². The summed E-state index contributed by atoms with van der Waals surface area (Å²) >= 11 is 0. The normalized spacial score (nSPS) is 18.2. The van der Waals surface area contributed by atoms with Crippen LogP contribution in [0.3, 0.4) is 0 Å². The van der Waals surface area contributed by atoms with Gasteiger partial charge in [0.25, 0.3) is 5.91 Å². The molecular formula is C20H19NO3. The molecule has 1 aliphatic heterocycles. The summed E-state index contributed by atoms with van der Waals surface area (Å²) in [5, 5.41) is 0. The Morgan fingerprint density at radius 1 is 1.00 bits per heavy atom. The minimum absolute atomic E-state index is 0.120. The Morgan fingerprint density at radius 3 is 2.50 bits per heavy atom. The molecule has 2 aliphatic rings. The molecule has 1 amide bonds. The van der Waals surface area contributed by atoms with Crippen LogP contribution in [0.1, 0.15) is 28.2 Å². The van der Waals surface area contributed by atoms with Gasteiger partial charge in [-0.2, -0.15) is 0 Å². The van der Waals surface area contributed by atoms with E-state index in [9.17, 15) is 9.59 Å². The van der Waals surface area contributed by atoms with Gasteiger partial charge in [0.2, 0.25) is 0 Å². The monoisotopic (exact) mass is 321 g/mol. The van der Waals surface area contributed by atoms with E-state index in [0.29, 0.717) is 19.5 Å². The summed E-state index contributed by atoms with van der Waals surface area (Å²) in [5.74, 6) is -0.624. The summed E-state index contributed by atoms with van der Waals surface area (Å²) in [6, 6.07) is 16.0. The Kier molecular flexibility index (Phi) is 3.81. The molecule has 1 heterocycles. The summed E-state index contributed by atoms with van der Waals surface area (Å²) in [7, 11) is 0. The highest BCUT2D eigenvalue weighted by Crippen LogP contribution is 2.35. The van der Waals surface area contributed by atoms with Crippen LogP contribution in [0.2, 0.25) is 0 Å². The van der Waals surface area contributed by atoms with Crippen molar-refractivity contribution >= 4 is 11.9 Å². The van der Waals surface area contributed by atoms with E-state index in [1.165, 1.54) is 16.7 Å². The van der Waals surface area contributed by atoms with Crippen LogP contribution >= 0.6 is 0 Å². The summed E-state index contributed by atoms with van der Waals surface area (Å²) in [5.41, 5.74) is 4.70. The molecule has 0 saturated heterocycles. The van der Waals surface area contributed by atoms with Crippen LogP contribution < -0.4 is 0 Å². The first-order valence-corrected chi connectivity index (χ1v) is 8.31. The summed E-state index contributed by atoms with van der Waals surface area (Å²) in [6.07, 6.45) is 1.56. The lowest BCUT2D eigenvalue weighted by Crippen LogP contribution is -2.39. The standard InChI is InChI=1S/C20H19NO3/c22-19(21-10-9-14-5-1-2-7-16(14)12-21)13-24-20(23)18-11-15-6-3-4-8-17(15)18/h1-8,18H,9-13H2. The number of carbonyl (C=O) groups excluding carboxylic acids is 2. The molecule has 0 aromatic heterocycles. The zero-order valence-electron chi connectivity index (χ0n) is 13.4. The number of hydrogen-bond donors (Lipinski definition) is 0. The van der Waals surface area contributed by atoms with E-state index < -0.39 is 0 Å². The van der Waals surface area contributed by atoms with Gasteiger partial charge in [0, 0.05) is 13.1 Å². The fraction of sp³-hybridized carbons (Fsp3) is 0.300. The molecule has 1 atom stereocenters. The van der Waals surface area contributed by atoms with Crippen molar-refractivity contribution in [1.82, 2.24) is 4.90 Å². The van der Waals surface area contributed by atoms with Crippen molar-refractivity contribution in [1.29, 1.82) is 0 Å². The van der Waals surface area contributed by atoms with E-state index in [-0.39, 0.29) is 24.4 Å². The van der Waals surface area contributed by atoms with Crippen molar-refractivity contribution in [2.75, 3.05) is 13.2 Å². The topological polar surface area (TPSA) is 46.6 Å². The Balaban J connectivity index is 1.32. The lowest BCUT2D eigenvalue weighted by Gasteiger charge is -2.30. The molecule has 4 nitrogen and oxygen atoms in total. The van der Waals surface area contributed by atoms with E-state index in [4.69, 9.17) is 4.74 Å². The molecule has 0 spiro atoms. The van der Waals surface area contributed by atoms with Gasteiger partial charge >= 0.3 is 5.97 Å². The molecule has 2 aromatic carbocycles. The van der Waals surface area contributed by atoms with Crippen LogP contribution in [0.5, 0.6) is 0 Å². The molecule has 0 saturated carbocycles. The maximum Gasteiger partial charge on any atom is 0.314 e. The predicted molar refractivity (Wildman–Crippen MR) is 89.4 cm³/mol. The van der Waals surface area contributed by atoms with Crippen LogP contribution in [-0.2, 0) is 33.7 Å². The molecule has 122 valence electrons. The molecule has 24 heavy (non-hydrogen) atoms. The van der Waals surface area contributed by atoms with Crippen molar-refractivity contribution in [3.8, 4) is 0 Å². The van der Waals surface area contributed by atoms with Gasteiger partial charge in [-0.25, -0.2) is 0 Å². The van der Waals surface area contributed by atoms with Crippen LogP contribution in [0.25, 0.3) is 0 Å². The number of esters is 1. The maximum absolute atomic E-state index is 12.3. The Labute approximate surface area is 141 Å². The SMILES string of the molecule is O=C(OCC(=O)N1CCc2ccccc2C1)C1Cc2ccccc21. The molecular weight excluding hydrogens is 302 g/mol. The number of ether oxygens (including phenoxy) is 1. The molecule has 4 rings (SSSR count). The highest BCUT2D eigenvalue weighted by Gasteiger charge is 2.33. The lowest BCUT2D eigenvalue weighted by molar-refractivity contribution is -0.154. The molecule has 0 bridgehead atoms. The molecule has 0 fully saturated rings. The third kappa shape index (κ3) is 2.68. The summed E-state index contributed by atoms with van der Waals surface area (Å²) < 4.78 is 5.28. The van der Waals surface area contributed by atoms with Crippen LogP contribution in [0, 0.1) is 0 Å². The van der Waals surface area contributed by atoms with Crippen molar-refractivity contribution in [3.63, 3.8) is 0 Å². The van der Waals surface area contributed by atoms with Crippen molar-refractivity contribution in [2.24, 2.45) is 0 Å². The van der Waals surface area contributed by atoms with Crippen LogP contribution in [0.15, 0.2) is 48.5 Å². The molecule has 1 unspecified atom stereocenters.